The molecule has 5 nitrogen and oxygen atoms in total. The van der Waals surface area contributed by atoms with Crippen LogP contribution in [-0.4, -0.2) is 41.9 Å². The number of hydrogen-bond donors (Lipinski definition) is 1. The molecule has 24 heavy (non-hydrogen) atoms. The van der Waals surface area contributed by atoms with Crippen LogP contribution in [0.1, 0.15) is 45.2 Å². The van der Waals surface area contributed by atoms with Gasteiger partial charge in [-0.3, -0.25) is 9.59 Å². The molecule has 1 aromatic rings. The van der Waals surface area contributed by atoms with Gasteiger partial charge in [0.05, 0.1) is 19.6 Å². The molecule has 0 saturated carbocycles. The minimum absolute atomic E-state index is 0.0775. The molecule has 2 amide bonds. The molecular weight excluding hydrogens is 304 g/mol. The lowest BCUT2D eigenvalue weighted by molar-refractivity contribution is -0.136. The number of aryl methyl sites for hydroxylation is 2. The lowest BCUT2D eigenvalue weighted by Gasteiger charge is -2.25. The second kappa shape index (κ2) is 8.71. The molecule has 0 spiro atoms. The second-order valence-electron chi connectivity index (χ2n) is 7.07. The number of likely N-dealkylation sites (N-methyl/N-ethyl adjacent to an activating group) is 1. The van der Waals surface area contributed by atoms with Gasteiger partial charge in [-0.1, -0.05) is 17.7 Å². The Morgan fingerprint density at radius 1 is 1.21 bits per heavy atom. The van der Waals surface area contributed by atoms with Gasteiger partial charge in [-0.05, 0) is 53.2 Å². The molecule has 0 aromatic heterocycles. The number of ether oxygens (including phenoxy) is 1. The highest BCUT2D eigenvalue weighted by atomic mass is 16.5. The van der Waals surface area contributed by atoms with Crippen molar-refractivity contribution < 1.29 is 14.3 Å². The molecule has 5 heteroatoms. The third-order valence-corrected chi connectivity index (χ3v) is 3.49. The predicted molar refractivity (Wildman–Crippen MR) is 96.2 cm³/mol. The van der Waals surface area contributed by atoms with Crippen LogP contribution in [0.2, 0.25) is 0 Å². The zero-order chi connectivity index (χ0) is 18.3. The van der Waals surface area contributed by atoms with Gasteiger partial charge in [0.15, 0.2) is 0 Å². The number of nitrogens with zero attached hydrogens (tertiary/aromatic N) is 1. The van der Waals surface area contributed by atoms with E-state index < -0.39 is 0 Å². The fourth-order valence-electron chi connectivity index (χ4n) is 2.38. The second-order valence-corrected chi connectivity index (χ2v) is 7.07. The first kappa shape index (κ1) is 20.0. The fourth-order valence-corrected chi connectivity index (χ4v) is 2.38. The zero-order valence-corrected chi connectivity index (χ0v) is 15.7. The van der Waals surface area contributed by atoms with Crippen LogP contribution in [0.5, 0.6) is 5.75 Å². The van der Waals surface area contributed by atoms with Crippen LogP contribution < -0.4 is 10.1 Å². The molecule has 0 radical (unpaired) electrons. The van der Waals surface area contributed by atoms with E-state index in [0.29, 0.717) is 13.2 Å². The molecular formula is C19H30N2O3. The van der Waals surface area contributed by atoms with Crippen LogP contribution in [0, 0.1) is 13.8 Å². The van der Waals surface area contributed by atoms with Gasteiger partial charge in [-0.15, -0.1) is 0 Å². The van der Waals surface area contributed by atoms with Gasteiger partial charge in [0, 0.05) is 12.1 Å². The number of carbonyl (C=O) groups is 2. The predicted octanol–water partition coefficient (Wildman–Crippen LogP) is 2.84. The molecule has 0 heterocycles. The normalized spacial score (nSPS) is 11.1. The third-order valence-electron chi connectivity index (χ3n) is 3.49. The van der Waals surface area contributed by atoms with Gasteiger partial charge >= 0.3 is 0 Å². The number of hydrogen-bond acceptors (Lipinski definition) is 3. The van der Waals surface area contributed by atoms with Crippen molar-refractivity contribution in [3.8, 4) is 5.75 Å². The molecule has 0 unspecified atom stereocenters. The van der Waals surface area contributed by atoms with E-state index in [0.717, 1.165) is 11.3 Å². The maximum Gasteiger partial charge on any atom is 0.240 e. The highest BCUT2D eigenvalue weighted by Gasteiger charge is 2.19. The van der Waals surface area contributed by atoms with E-state index in [-0.39, 0.29) is 30.3 Å². The highest BCUT2D eigenvalue weighted by molar-refractivity contribution is 5.85. The number of carbonyl (C=O) groups excluding carboxylic acids is 2. The van der Waals surface area contributed by atoms with Crippen LogP contribution in [0.25, 0.3) is 0 Å². The summed E-state index contributed by atoms with van der Waals surface area (Å²) < 4.78 is 5.69. The first-order chi connectivity index (χ1) is 11.1. The van der Waals surface area contributed by atoms with Gasteiger partial charge in [-0.25, -0.2) is 0 Å². The van der Waals surface area contributed by atoms with Gasteiger partial charge in [0.25, 0.3) is 0 Å². The van der Waals surface area contributed by atoms with Crippen molar-refractivity contribution in [3.05, 3.63) is 29.3 Å². The molecule has 0 fully saturated rings. The van der Waals surface area contributed by atoms with Crippen LogP contribution >= 0.6 is 0 Å². The van der Waals surface area contributed by atoms with Gasteiger partial charge < -0.3 is 15.0 Å². The van der Waals surface area contributed by atoms with Crippen molar-refractivity contribution in [1.29, 1.82) is 0 Å². The summed E-state index contributed by atoms with van der Waals surface area (Å²) in [4.78, 5) is 25.8. The van der Waals surface area contributed by atoms with E-state index in [1.54, 1.807) is 4.90 Å². The van der Waals surface area contributed by atoms with Crippen molar-refractivity contribution in [2.24, 2.45) is 0 Å². The van der Waals surface area contributed by atoms with E-state index in [1.165, 1.54) is 5.56 Å². The van der Waals surface area contributed by atoms with E-state index in [1.807, 2.05) is 59.7 Å². The van der Waals surface area contributed by atoms with Crippen LogP contribution in [0.4, 0.5) is 0 Å². The minimum atomic E-state index is -0.300. The van der Waals surface area contributed by atoms with Crippen LogP contribution in [-0.2, 0) is 9.59 Å². The van der Waals surface area contributed by atoms with E-state index >= 15 is 0 Å². The van der Waals surface area contributed by atoms with Gasteiger partial charge in [0.2, 0.25) is 11.8 Å². The summed E-state index contributed by atoms with van der Waals surface area (Å²) >= 11 is 0. The van der Waals surface area contributed by atoms with E-state index in [9.17, 15) is 9.59 Å². The number of nitrogens with one attached hydrogen (secondary N) is 1. The van der Waals surface area contributed by atoms with Crippen molar-refractivity contribution in [2.75, 3.05) is 19.7 Å². The Morgan fingerprint density at radius 3 is 2.42 bits per heavy atom. The standard InChI is InChI=1S/C19H30N2O3/c1-7-21(13-17(22)20-19(4,5)6)18(23)10-11-24-16-9-8-14(2)12-15(16)3/h8-9,12H,7,10-11,13H2,1-6H3,(H,20,22). The minimum Gasteiger partial charge on any atom is -0.493 e. The molecule has 0 atom stereocenters. The Hall–Kier alpha value is -2.04. The number of rotatable bonds is 7. The van der Waals surface area contributed by atoms with Crippen molar-refractivity contribution in [1.82, 2.24) is 10.2 Å². The molecule has 1 N–H and O–H groups in total. The Bertz CT molecular complexity index is 576. The quantitative estimate of drug-likeness (QED) is 0.834. The Kier molecular flexibility index (Phi) is 7.26. The van der Waals surface area contributed by atoms with E-state index in [4.69, 9.17) is 4.74 Å². The lowest BCUT2D eigenvalue weighted by atomic mass is 10.1. The molecule has 1 aromatic carbocycles. The van der Waals surface area contributed by atoms with Crippen molar-refractivity contribution in [2.45, 2.75) is 53.5 Å². The summed E-state index contributed by atoms with van der Waals surface area (Å²) in [5.74, 6) is 0.571. The average Bonchev–Trinajstić information content (AvgIpc) is 2.45. The van der Waals surface area contributed by atoms with Crippen molar-refractivity contribution >= 4 is 11.8 Å². The first-order valence-corrected chi connectivity index (χ1v) is 8.41. The van der Waals surface area contributed by atoms with Crippen LogP contribution in [0.15, 0.2) is 18.2 Å². The summed E-state index contributed by atoms with van der Waals surface area (Å²) in [6.45, 7) is 12.5. The SMILES string of the molecule is CCN(CC(=O)NC(C)(C)C)C(=O)CCOc1ccc(C)cc1C. The summed E-state index contributed by atoms with van der Waals surface area (Å²) in [7, 11) is 0. The van der Waals surface area contributed by atoms with Gasteiger partial charge in [0.1, 0.15) is 5.75 Å². The zero-order valence-electron chi connectivity index (χ0n) is 15.7. The van der Waals surface area contributed by atoms with Gasteiger partial charge in [-0.2, -0.15) is 0 Å². The number of benzene rings is 1. The number of amides is 2. The summed E-state index contributed by atoms with van der Waals surface area (Å²) in [6, 6.07) is 5.95. The average molecular weight is 334 g/mol. The summed E-state index contributed by atoms with van der Waals surface area (Å²) in [5.41, 5.74) is 1.93. The fraction of sp³-hybridized carbons (Fsp3) is 0.579. The lowest BCUT2D eigenvalue weighted by Crippen LogP contribution is -2.47. The monoisotopic (exact) mass is 334 g/mol. The molecule has 0 aliphatic carbocycles. The molecule has 0 aliphatic rings. The van der Waals surface area contributed by atoms with E-state index in [2.05, 4.69) is 5.32 Å². The molecule has 0 aliphatic heterocycles. The summed E-state index contributed by atoms with van der Waals surface area (Å²) in [6.07, 6.45) is 0.254. The molecule has 0 saturated heterocycles. The Balaban J connectivity index is 2.48. The molecule has 0 bridgehead atoms. The van der Waals surface area contributed by atoms with Crippen molar-refractivity contribution in [3.63, 3.8) is 0 Å². The topological polar surface area (TPSA) is 58.6 Å². The maximum atomic E-state index is 12.3. The highest BCUT2D eigenvalue weighted by Crippen LogP contribution is 2.18. The summed E-state index contributed by atoms with van der Waals surface area (Å²) in [5, 5.41) is 2.87. The van der Waals surface area contributed by atoms with Crippen LogP contribution in [0.3, 0.4) is 0 Å². The molecule has 134 valence electrons. The third kappa shape index (κ3) is 7.02. The largest absolute Gasteiger partial charge is 0.493 e. The molecule has 1 rings (SSSR count). The first-order valence-electron chi connectivity index (χ1n) is 8.41. The Labute approximate surface area is 145 Å². The Morgan fingerprint density at radius 2 is 1.88 bits per heavy atom. The maximum absolute atomic E-state index is 12.3. The smallest absolute Gasteiger partial charge is 0.240 e.